The number of hydrogen-bond acceptors (Lipinski definition) is 4. The van der Waals surface area contributed by atoms with Gasteiger partial charge in [0.1, 0.15) is 0 Å². The Balaban J connectivity index is 1.89. The number of nitrogens with two attached hydrogens (primary N) is 1. The van der Waals surface area contributed by atoms with Gasteiger partial charge >= 0.3 is 0 Å². The molecule has 1 saturated heterocycles. The van der Waals surface area contributed by atoms with Gasteiger partial charge in [-0.3, -0.25) is 9.69 Å². The number of rotatable bonds is 4. The van der Waals surface area contributed by atoms with Crippen molar-refractivity contribution in [2.45, 2.75) is 19.5 Å². The van der Waals surface area contributed by atoms with Crippen molar-refractivity contribution in [2.75, 3.05) is 33.3 Å². The fraction of sp³-hybridized carbons (Fsp3) is 0.533. The maximum Gasteiger partial charge on any atom is 0.239 e. The molecule has 0 bridgehead atoms. The van der Waals surface area contributed by atoms with Gasteiger partial charge in [0.2, 0.25) is 5.91 Å². The molecule has 1 atom stereocenters. The summed E-state index contributed by atoms with van der Waals surface area (Å²) in [5.74, 6) is -0.1000. The van der Waals surface area contributed by atoms with E-state index in [1.807, 2.05) is 6.07 Å². The van der Waals surface area contributed by atoms with Crippen LogP contribution in [0.2, 0.25) is 0 Å². The van der Waals surface area contributed by atoms with Crippen molar-refractivity contribution in [2.24, 2.45) is 5.73 Å². The molecule has 21 heavy (non-hydrogen) atoms. The minimum atomic E-state index is -0.452. The van der Waals surface area contributed by atoms with Gasteiger partial charge in [0.05, 0.1) is 13.2 Å². The van der Waals surface area contributed by atoms with E-state index in [0.717, 1.165) is 18.7 Å². The summed E-state index contributed by atoms with van der Waals surface area (Å²) in [7, 11) is 1.45. The molecule has 0 unspecified atom stereocenters. The van der Waals surface area contributed by atoms with Crippen molar-refractivity contribution in [3.63, 3.8) is 0 Å². The van der Waals surface area contributed by atoms with Crippen LogP contribution in [0, 0.1) is 5.82 Å². The summed E-state index contributed by atoms with van der Waals surface area (Å²) in [5.41, 5.74) is 6.51. The van der Waals surface area contributed by atoms with Gasteiger partial charge in [-0.2, -0.15) is 0 Å². The van der Waals surface area contributed by atoms with Crippen molar-refractivity contribution in [3.8, 4) is 5.75 Å². The van der Waals surface area contributed by atoms with Crippen LogP contribution < -0.4 is 10.5 Å². The van der Waals surface area contributed by atoms with Gasteiger partial charge in [-0.15, -0.1) is 0 Å². The SMILES string of the molecule is COc1ccc(CN2CCN(C(=O)[C@H](C)N)CC2)cc1F. The number of benzene rings is 1. The quantitative estimate of drug-likeness (QED) is 0.894. The molecule has 2 rings (SSSR count). The van der Waals surface area contributed by atoms with E-state index in [2.05, 4.69) is 4.90 Å². The van der Waals surface area contributed by atoms with Gasteiger partial charge < -0.3 is 15.4 Å². The van der Waals surface area contributed by atoms with E-state index < -0.39 is 6.04 Å². The van der Waals surface area contributed by atoms with Gasteiger partial charge in [0.25, 0.3) is 0 Å². The summed E-state index contributed by atoms with van der Waals surface area (Å²) >= 11 is 0. The second-order valence-corrected chi connectivity index (χ2v) is 5.36. The highest BCUT2D eigenvalue weighted by molar-refractivity contribution is 5.81. The number of halogens is 1. The highest BCUT2D eigenvalue weighted by Gasteiger charge is 2.23. The molecule has 1 amide bonds. The molecule has 5 nitrogen and oxygen atoms in total. The van der Waals surface area contributed by atoms with Crippen LogP contribution in [0.4, 0.5) is 4.39 Å². The molecule has 6 heteroatoms. The van der Waals surface area contributed by atoms with Crippen LogP contribution in [0.5, 0.6) is 5.75 Å². The maximum atomic E-state index is 13.7. The molecular weight excluding hydrogens is 273 g/mol. The van der Waals surface area contributed by atoms with Crippen molar-refractivity contribution in [1.82, 2.24) is 9.80 Å². The monoisotopic (exact) mass is 295 g/mol. The number of hydrogen-bond donors (Lipinski definition) is 1. The maximum absolute atomic E-state index is 13.7. The van der Waals surface area contributed by atoms with Crippen molar-refractivity contribution in [1.29, 1.82) is 0 Å². The molecular formula is C15H22FN3O2. The Morgan fingerprint density at radius 2 is 2.05 bits per heavy atom. The summed E-state index contributed by atoms with van der Waals surface area (Å²) in [6.07, 6.45) is 0. The van der Waals surface area contributed by atoms with Crippen LogP contribution in [-0.4, -0.2) is 55.0 Å². The standard InChI is InChI=1S/C15H22FN3O2/c1-11(17)15(20)19-7-5-18(6-8-19)10-12-3-4-14(21-2)13(16)9-12/h3-4,9,11H,5-8,10,17H2,1-2H3/t11-/m0/s1. The molecule has 1 fully saturated rings. The summed E-state index contributed by atoms with van der Waals surface area (Å²) in [4.78, 5) is 15.8. The molecule has 0 radical (unpaired) electrons. The Bertz CT molecular complexity index is 500. The molecule has 1 aliphatic rings. The third-order valence-electron chi connectivity index (χ3n) is 3.70. The fourth-order valence-corrected chi connectivity index (χ4v) is 2.48. The van der Waals surface area contributed by atoms with Crippen molar-refractivity contribution < 1.29 is 13.9 Å². The van der Waals surface area contributed by atoms with E-state index in [-0.39, 0.29) is 17.5 Å². The minimum Gasteiger partial charge on any atom is -0.494 e. The highest BCUT2D eigenvalue weighted by atomic mass is 19.1. The number of nitrogens with zero attached hydrogens (tertiary/aromatic N) is 2. The Kier molecular flexibility index (Phi) is 5.14. The van der Waals surface area contributed by atoms with E-state index in [1.54, 1.807) is 17.9 Å². The van der Waals surface area contributed by atoms with Crippen molar-refractivity contribution >= 4 is 5.91 Å². The number of carbonyl (C=O) groups excluding carboxylic acids is 1. The van der Waals surface area contributed by atoms with E-state index >= 15 is 0 Å². The topological polar surface area (TPSA) is 58.8 Å². The van der Waals surface area contributed by atoms with Crippen LogP contribution in [-0.2, 0) is 11.3 Å². The third kappa shape index (κ3) is 3.92. The molecule has 1 heterocycles. The first-order valence-electron chi connectivity index (χ1n) is 7.10. The zero-order chi connectivity index (χ0) is 15.4. The lowest BCUT2D eigenvalue weighted by atomic mass is 10.1. The largest absolute Gasteiger partial charge is 0.494 e. The van der Waals surface area contributed by atoms with Crippen LogP contribution >= 0.6 is 0 Å². The zero-order valence-electron chi connectivity index (χ0n) is 12.5. The summed E-state index contributed by atoms with van der Waals surface area (Å²) in [6.45, 7) is 5.24. The molecule has 1 aromatic carbocycles. The van der Waals surface area contributed by atoms with Gasteiger partial charge in [-0.05, 0) is 24.6 Å². The van der Waals surface area contributed by atoms with Gasteiger partial charge in [0, 0.05) is 32.7 Å². The lowest BCUT2D eigenvalue weighted by Gasteiger charge is -2.35. The average molecular weight is 295 g/mol. The predicted octanol–water partition coefficient (Wildman–Crippen LogP) is 0.826. The first-order valence-corrected chi connectivity index (χ1v) is 7.10. The molecule has 1 aliphatic heterocycles. The Labute approximate surface area is 124 Å². The first kappa shape index (κ1) is 15.7. The molecule has 0 saturated carbocycles. The van der Waals surface area contributed by atoms with Crippen LogP contribution in [0.25, 0.3) is 0 Å². The zero-order valence-corrected chi connectivity index (χ0v) is 12.5. The van der Waals surface area contributed by atoms with Gasteiger partial charge in [-0.1, -0.05) is 6.07 Å². The molecule has 1 aromatic rings. The third-order valence-corrected chi connectivity index (χ3v) is 3.70. The number of carbonyl (C=O) groups is 1. The average Bonchev–Trinajstić information content (AvgIpc) is 2.47. The number of piperazine rings is 1. The number of ether oxygens (including phenoxy) is 1. The normalized spacial score (nSPS) is 17.6. The van der Waals surface area contributed by atoms with E-state index in [4.69, 9.17) is 10.5 Å². The van der Waals surface area contributed by atoms with E-state index in [1.165, 1.54) is 13.2 Å². The predicted molar refractivity (Wildman–Crippen MR) is 78.5 cm³/mol. The number of amides is 1. The van der Waals surface area contributed by atoms with Crippen molar-refractivity contribution in [3.05, 3.63) is 29.6 Å². The summed E-state index contributed by atoms with van der Waals surface area (Å²) in [5, 5.41) is 0. The Morgan fingerprint density at radius 1 is 1.38 bits per heavy atom. The van der Waals surface area contributed by atoms with Crippen LogP contribution in [0.1, 0.15) is 12.5 Å². The molecule has 2 N–H and O–H groups in total. The molecule has 0 spiro atoms. The molecule has 0 aliphatic carbocycles. The summed E-state index contributed by atoms with van der Waals surface area (Å²) in [6, 6.07) is 4.55. The molecule has 116 valence electrons. The van der Waals surface area contributed by atoms with Gasteiger partial charge in [0.15, 0.2) is 11.6 Å². The highest BCUT2D eigenvalue weighted by Crippen LogP contribution is 2.19. The lowest BCUT2D eigenvalue weighted by molar-refractivity contribution is -0.134. The minimum absolute atomic E-state index is 0.00913. The Hall–Kier alpha value is -1.66. The smallest absolute Gasteiger partial charge is 0.239 e. The molecule has 0 aromatic heterocycles. The Morgan fingerprint density at radius 3 is 2.57 bits per heavy atom. The fourth-order valence-electron chi connectivity index (χ4n) is 2.48. The lowest BCUT2D eigenvalue weighted by Crippen LogP contribution is -2.52. The van der Waals surface area contributed by atoms with E-state index in [0.29, 0.717) is 19.6 Å². The number of methoxy groups -OCH3 is 1. The second kappa shape index (κ2) is 6.87. The van der Waals surface area contributed by atoms with Crippen LogP contribution in [0.15, 0.2) is 18.2 Å². The van der Waals surface area contributed by atoms with E-state index in [9.17, 15) is 9.18 Å². The summed E-state index contributed by atoms with van der Waals surface area (Å²) < 4.78 is 18.6. The van der Waals surface area contributed by atoms with Gasteiger partial charge in [-0.25, -0.2) is 4.39 Å². The van der Waals surface area contributed by atoms with Crippen LogP contribution in [0.3, 0.4) is 0 Å². The first-order chi connectivity index (χ1) is 10.0. The second-order valence-electron chi connectivity index (χ2n) is 5.36.